The van der Waals surface area contributed by atoms with Crippen LogP contribution in [0.15, 0.2) is 0 Å². The van der Waals surface area contributed by atoms with Gasteiger partial charge in [0, 0.05) is 13.0 Å². The molecule has 54 valence electrons. The van der Waals surface area contributed by atoms with Crippen LogP contribution in [-0.2, 0) is 4.74 Å². The van der Waals surface area contributed by atoms with Crippen LogP contribution in [0.3, 0.4) is 0 Å². The summed E-state index contributed by atoms with van der Waals surface area (Å²) in [6.07, 6.45) is 7.13. The average molecular weight is 137 g/mol. The molecule has 0 saturated carbocycles. The van der Waals surface area contributed by atoms with Crippen LogP contribution < -0.4 is 0 Å². The Morgan fingerprint density at radius 1 is 1.30 bits per heavy atom. The number of hydrogen-bond donors (Lipinski definition) is 0. The van der Waals surface area contributed by atoms with E-state index >= 15 is 0 Å². The number of rotatable bonds is 5. The Labute approximate surface area is 61.8 Å². The summed E-state index contributed by atoms with van der Waals surface area (Å²) in [5.41, 5.74) is 0. The average Bonchev–Trinajstić information content (AvgIpc) is 1.97. The predicted octanol–water partition coefficient (Wildman–Crippen LogP) is 1.33. The maximum absolute atomic E-state index is 8.11. The van der Waals surface area contributed by atoms with E-state index < -0.39 is 0 Å². The molecule has 0 atom stereocenters. The van der Waals surface area contributed by atoms with Gasteiger partial charge in [-0.2, -0.15) is 5.26 Å². The first-order valence-electron chi connectivity index (χ1n) is 3.30. The van der Waals surface area contributed by atoms with Gasteiger partial charge in [-0.15, -0.1) is 12.3 Å². The fraction of sp³-hybridized carbons (Fsp3) is 0.625. The molecule has 0 bridgehead atoms. The van der Waals surface area contributed by atoms with Gasteiger partial charge < -0.3 is 4.74 Å². The van der Waals surface area contributed by atoms with Crippen LogP contribution in [0.2, 0.25) is 0 Å². The Morgan fingerprint density at radius 3 is 2.70 bits per heavy atom. The molecule has 0 aromatic carbocycles. The van der Waals surface area contributed by atoms with Gasteiger partial charge in [0.15, 0.2) is 0 Å². The minimum Gasteiger partial charge on any atom is -0.380 e. The minimum atomic E-state index is 0.468. The monoisotopic (exact) mass is 137 g/mol. The van der Waals surface area contributed by atoms with E-state index in [-0.39, 0.29) is 0 Å². The van der Waals surface area contributed by atoms with Gasteiger partial charge in [0.2, 0.25) is 0 Å². The molecule has 0 aliphatic heterocycles. The summed E-state index contributed by atoms with van der Waals surface area (Å²) in [6.45, 7) is 1.20. The first kappa shape index (κ1) is 9.01. The molecular formula is C8H11NO. The molecule has 10 heavy (non-hydrogen) atoms. The third kappa shape index (κ3) is 7.01. The van der Waals surface area contributed by atoms with E-state index in [4.69, 9.17) is 16.4 Å². The highest BCUT2D eigenvalue weighted by Crippen LogP contribution is 1.88. The molecule has 0 radical (unpaired) electrons. The lowest BCUT2D eigenvalue weighted by Crippen LogP contribution is -1.94. The molecule has 0 aromatic heterocycles. The molecule has 0 aliphatic carbocycles. The highest BCUT2D eigenvalue weighted by molar-refractivity contribution is 4.82. The maximum atomic E-state index is 8.11. The van der Waals surface area contributed by atoms with E-state index in [9.17, 15) is 0 Å². The largest absolute Gasteiger partial charge is 0.380 e. The summed E-state index contributed by atoms with van der Waals surface area (Å²) in [7, 11) is 0. The second kappa shape index (κ2) is 8.01. The summed E-state index contributed by atoms with van der Waals surface area (Å²) in [5.74, 6) is 2.51. The smallest absolute Gasteiger partial charge is 0.0645 e. The van der Waals surface area contributed by atoms with Crippen molar-refractivity contribution in [1.29, 1.82) is 5.26 Å². The first-order valence-corrected chi connectivity index (χ1v) is 3.30. The molecule has 0 saturated heterocycles. The molecule has 0 heterocycles. The number of terminal acetylenes is 1. The molecular weight excluding hydrogens is 126 g/mol. The van der Waals surface area contributed by atoms with Crippen molar-refractivity contribution in [3.05, 3.63) is 0 Å². The second-order valence-corrected chi connectivity index (χ2v) is 1.83. The van der Waals surface area contributed by atoms with Crippen LogP contribution in [0.25, 0.3) is 0 Å². The molecule has 0 fully saturated rings. The van der Waals surface area contributed by atoms with Crippen molar-refractivity contribution < 1.29 is 4.74 Å². The summed E-state index contributed by atoms with van der Waals surface area (Å²) < 4.78 is 5.06. The van der Waals surface area contributed by atoms with E-state index in [0.29, 0.717) is 19.6 Å². The zero-order valence-corrected chi connectivity index (χ0v) is 5.97. The van der Waals surface area contributed by atoms with Gasteiger partial charge in [-0.25, -0.2) is 0 Å². The van der Waals surface area contributed by atoms with Crippen molar-refractivity contribution in [3.8, 4) is 18.4 Å². The van der Waals surface area contributed by atoms with Crippen molar-refractivity contribution in [2.45, 2.75) is 19.3 Å². The van der Waals surface area contributed by atoms with Gasteiger partial charge in [-0.3, -0.25) is 0 Å². The number of ether oxygens (including phenoxy) is 1. The topological polar surface area (TPSA) is 33.0 Å². The Balaban J connectivity index is 2.80. The van der Waals surface area contributed by atoms with Crippen molar-refractivity contribution in [2.75, 3.05) is 13.2 Å². The van der Waals surface area contributed by atoms with Crippen LogP contribution in [0.4, 0.5) is 0 Å². The van der Waals surface area contributed by atoms with E-state index in [0.717, 1.165) is 12.8 Å². The molecule has 0 spiro atoms. The van der Waals surface area contributed by atoms with Crippen molar-refractivity contribution in [2.24, 2.45) is 0 Å². The molecule has 0 aliphatic rings. The van der Waals surface area contributed by atoms with Gasteiger partial charge in [0.1, 0.15) is 0 Å². The molecule has 2 nitrogen and oxygen atoms in total. The van der Waals surface area contributed by atoms with E-state index in [1.165, 1.54) is 0 Å². The number of nitriles is 1. The van der Waals surface area contributed by atoms with Crippen LogP contribution in [0.1, 0.15) is 19.3 Å². The van der Waals surface area contributed by atoms with Crippen molar-refractivity contribution >= 4 is 0 Å². The zero-order valence-electron chi connectivity index (χ0n) is 5.97. The minimum absolute atomic E-state index is 0.468. The first-order chi connectivity index (χ1) is 4.91. The van der Waals surface area contributed by atoms with Crippen LogP contribution in [-0.4, -0.2) is 13.2 Å². The molecule has 0 amide bonds. The molecule has 2 heteroatoms. The van der Waals surface area contributed by atoms with Gasteiger partial charge in [0.05, 0.1) is 19.1 Å². The SMILES string of the molecule is C#CCCCOCCC#N. The molecule has 0 aromatic rings. The van der Waals surface area contributed by atoms with Crippen molar-refractivity contribution in [3.63, 3.8) is 0 Å². The Morgan fingerprint density at radius 2 is 2.10 bits per heavy atom. The van der Waals surface area contributed by atoms with Crippen LogP contribution >= 0.6 is 0 Å². The third-order valence-corrected chi connectivity index (χ3v) is 0.968. The zero-order chi connectivity index (χ0) is 7.66. The van der Waals surface area contributed by atoms with Gasteiger partial charge in [0.25, 0.3) is 0 Å². The maximum Gasteiger partial charge on any atom is 0.0645 e. The van der Waals surface area contributed by atoms with E-state index in [1.54, 1.807) is 0 Å². The standard InChI is InChI=1S/C8H11NO/c1-2-3-4-7-10-8-5-6-9/h1H,3-5,7-8H2. The van der Waals surface area contributed by atoms with Gasteiger partial charge in [-0.1, -0.05) is 0 Å². The summed E-state index contributed by atoms with van der Waals surface area (Å²) >= 11 is 0. The highest BCUT2D eigenvalue weighted by atomic mass is 16.5. The number of hydrogen-bond acceptors (Lipinski definition) is 2. The normalized spacial score (nSPS) is 8.20. The number of nitrogens with zero attached hydrogens (tertiary/aromatic N) is 1. The summed E-state index contributed by atoms with van der Waals surface area (Å²) in [5, 5.41) is 8.11. The third-order valence-electron chi connectivity index (χ3n) is 0.968. The second-order valence-electron chi connectivity index (χ2n) is 1.83. The van der Waals surface area contributed by atoms with Gasteiger partial charge >= 0.3 is 0 Å². The summed E-state index contributed by atoms with van der Waals surface area (Å²) in [4.78, 5) is 0. The van der Waals surface area contributed by atoms with Crippen LogP contribution in [0.5, 0.6) is 0 Å². The van der Waals surface area contributed by atoms with E-state index in [2.05, 4.69) is 5.92 Å². The summed E-state index contributed by atoms with van der Waals surface area (Å²) in [6, 6.07) is 1.99. The lowest BCUT2D eigenvalue weighted by molar-refractivity contribution is 0.138. The Hall–Kier alpha value is -0.990. The predicted molar refractivity (Wildman–Crippen MR) is 39.1 cm³/mol. The molecule has 0 unspecified atom stereocenters. The fourth-order valence-electron chi connectivity index (χ4n) is 0.496. The van der Waals surface area contributed by atoms with Crippen LogP contribution in [0, 0.1) is 23.7 Å². The fourth-order valence-corrected chi connectivity index (χ4v) is 0.496. The van der Waals surface area contributed by atoms with Gasteiger partial charge in [-0.05, 0) is 6.42 Å². The molecule has 0 N–H and O–H groups in total. The Bertz CT molecular complexity index is 122. The lowest BCUT2D eigenvalue weighted by Gasteiger charge is -1.96. The quantitative estimate of drug-likeness (QED) is 0.423. The molecule has 0 rings (SSSR count). The Kier molecular flexibility index (Phi) is 7.22. The number of unbranched alkanes of at least 4 members (excludes halogenated alkanes) is 1. The lowest BCUT2D eigenvalue weighted by atomic mass is 10.3. The van der Waals surface area contributed by atoms with Crippen molar-refractivity contribution in [1.82, 2.24) is 0 Å². The van der Waals surface area contributed by atoms with E-state index in [1.807, 2.05) is 6.07 Å². The highest BCUT2D eigenvalue weighted by Gasteiger charge is 1.85.